The number of hydrogen-bond acceptors (Lipinski definition) is 5. The van der Waals surface area contributed by atoms with Crippen LogP contribution >= 0.6 is 11.3 Å². The highest BCUT2D eigenvalue weighted by atomic mass is 32.1. The molecule has 0 spiro atoms. The van der Waals surface area contributed by atoms with Gasteiger partial charge in [0.15, 0.2) is 5.96 Å². The predicted molar refractivity (Wildman–Crippen MR) is 96.5 cm³/mol. The summed E-state index contributed by atoms with van der Waals surface area (Å²) in [5.74, 6) is 0.608. The molecular formula is C16H27N5O2S. The number of nitrogens with zero attached hydrogens (tertiary/aromatic N) is 3. The van der Waals surface area contributed by atoms with Gasteiger partial charge in [0.05, 0.1) is 25.4 Å². The number of carbonyl (C=O) groups is 1. The SMILES string of the molecule is CN=C(NCC(=O)NCCOC)N(C)Cc1nc2c(s1)CCCC2. The molecule has 0 bridgehead atoms. The first kappa shape index (κ1) is 18.7. The number of aryl methyl sites for hydroxylation is 2. The van der Waals surface area contributed by atoms with E-state index in [0.717, 1.165) is 17.8 Å². The van der Waals surface area contributed by atoms with Gasteiger partial charge in [0, 0.05) is 32.6 Å². The Bertz CT molecular complexity index is 549. The van der Waals surface area contributed by atoms with Crippen molar-refractivity contribution in [1.82, 2.24) is 20.5 Å². The van der Waals surface area contributed by atoms with Crippen molar-refractivity contribution in [3.63, 3.8) is 0 Å². The first-order valence-electron chi connectivity index (χ1n) is 8.29. The minimum atomic E-state index is -0.0775. The Balaban J connectivity index is 1.82. The van der Waals surface area contributed by atoms with Gasteiger partial charge in [0.2, 0.25) is 5.91 Å². The van der Waals surface area contributed by atoms with Gasteiger partial charge in [-0.2, -0.15) is 0 Å². The van der Waals surface area contributed by atoms with Gasteiger partial charge in [-0.25, -0.2) is 4.98 Å². The van der Waals surface area contributed by atoms with E-state index in [4.69, 9.17) is 9.72 Å². The third kappa shape index (κ3) is 5.45. The van der Waals surface area contributed by atoms with Crippen molar-refractivity contribution in [1.29, 1.82) is 0 Å². The Morgan fingerprint density at radius 2 is 2.17 bits per heavy atom. The molecule has 0 aromatic carbocycles. The van der Waals surface area contributed by atoms with Crippen molar-refractivity contribution < 1.29 is 9.53 Å². The number of amides is 1. The number of thiazole rings is 1. The quantitative estimate of drug-likeness (QED) is 0.430. The van der Waals surface area contributed by atoms with E-state index in [0.29, 0.717) is 25.7 Å². The van der Waals surface area contributed by atoms with Crippen LogP contribution in [0, 0.1) is 0 Å². The summed E-state index contributed by atoms with van der Waals surface area (Å²) in [4.78, 5) is 24.2. The Labute approximate surface area is 147 Å². The van der Waals surface area contributed by atoms with E-state index in [1.807, 2.05) is 11.9 Å². The molecule has 2 N–H and O–H groups in total. The maximum atomic E-state index is 11.7. The summed E-state index contributed by atoms with van der Waals surface area (Å²) in [7, 11) is 5.28. The van der Waals surface area contributed by atoms with Crippen LogP contribution < -0.4 is 10.6 Å². The smallest absolute Gasteiger partial charge is 0.239 e. The lowest BCUT2D eigenvalue weighted by Gasteiger charge is -2.20. The van der Waals surface area contributed by atoms with E-state index in [-0.39, 0.29) is 12.5 Å². The molecule has 1 aliphatic rings. The zero-order valence-corrected chi connectivity index (χ0v) is 15.5. The van der Waals surface area contributed by atoms with Crippen LogP contribution in [0.25, 0.3) is 0 Å². The predicted octanol–water partition coefficient (Wildman–Crippen LogP) is 0.792. The zero-order valence-electron chi connectivity index (χ0n) is 14.7. The van der Waals surface area contributed by atoms with Crippen molar-refractivity contribution in [2.24, 2.45) is 4.99 Å². The number of hydrogen-bond donors (Lipinski definition) is 2. The maximum Gasteiger partial charge on any atom is 0.239 e. The molecule has 0 saturated heterocycles. The first-order chi connectivity index (χ1) is 11.6. The number of ether oxygens (including phenoxy) is 1. The molecule has 0 unspecified atom stereocenters. The number of rotatable bonds is 7. The summed E-state index contributed by atoms with van der Waals surface area (Å²) < 4.78 is 4.91. The normalized spacial score (nSPS) is 14.2. The van der Waals surface area contributed by atoms with Crippen molar-refractivity contribution in [3.8, 4) is 0 Å². The number of aromatic nitrogens is 1. The zero-order chi connectivity index (χ0) is 17.4. The lowest BCUT2D eigenvalue weighted by molar-refractivity contribution is -0.120. The van der Waals surface area contributed by atoms with Gasteiger partial charge in [-0.3, -0.25) is 9.79 Å². The molecule has 24 heavy (non-hydrogen) atoms. The number of guanidine groups is 1. The molecule has 0 saturated carbocycles. The molecule has 0 aliphatic heterocycles. The van der Waals surface area contributed by atoms with Gasteiger partial charge in [-0.15, -0.1) is 11.3 Å². The fourth-order valence-corrected chi connectivity index (χ4v) is 3.86. The van der Waals surface area contributed by atoms with Crippen molar-refractivity contribution >= 4 is 23.2 Å². The Hall–Kier alpha value is -1.67. The van der Waals surface area contributed by atoms with Gasteiger partial charge in [0.1, 0.15) is 5.01 Å². The lowest BCUT2D eigenvalue weighted by atomic mass is 10.0. The van der Waals surface area contributed by atoms with Crippen molar-refractivity contribution in [2.75, 3.05) is 40.9 Å². The van der Waals surface area contributed by atoms with E-state index in [9.17, 15) is 4.79 Å². The topological polar surface area (TPSA) is 78.8 Å². The summed E-state index contributed by atoms with van der Waals surface area (Å²) in [5.41, 5.74) is 1.27. The molecule has 1 heterocycles. The number of aliphatic imine (C=N–C) groups is 1. The fourth-order valence-electron chi connectivity index (χ4n) is 2.65. The van der Waals surface area contributed by atoms with Gasteiger partial charge < -0.3 is 20.3 Å². The highest BCUT2D eigenvalue weighted by Crippen LogP contribution is 2.27. The standard InChI is InChI=1S/C16H27N5O2S/c1-17-16(19-10-14(22)18-8-9-23-3)21(2)11-15-20-12-6-4-5-7-13(12)24-15/h4-11H2,1-3H3,(H,17,19)(H,18,22). The molecule has 2 rings (SSSR count). The van der Waals surface area contributed by atoms with Crippen LogP contribution in [0.4, 0.5) is 0 Å². The molecule has 0 atom stereocenters. The van der Waals surface area contributed by atoms with E-state index >= 15 is 0 Å². The minimum Gasteiger partial charge on any atom is -0.383 e. The van der Waals surface area contributed by atoms with Crippen LogP contribution in [0.2, 0.25) is 0 Å². The largest absolute Gasteiger partial charge is 0.383 e. The summed E-state index contributed by atoms with van der Waals surface area (Å²) in [5, 5.41) is 6.96. The second-order valence-electron chi connectivity index (χ2n) is 5.78. The number of carbonyl (C=O) groups excluding carboxylic acids is 1. The summed E-state index contributed by atoms with van der Waals surface area (Å²) in [6, 6.07) is 0. The third-order valence-electron chi connectivity index (χ3n) is 3.87. The second-order valence-corrected chi connectivity index (χ2v) is 6.95. The molecule has 134 valence electrons. The van der Waals surface area contributed by atoms with Gasteiger partial charge >= 0.3 is 0 Å². The van der Waals surface area contributed by atoms with E-state index in [1.165, 1.54) is 23.4 Å². The number of methoxy groups -OCH3 is 1. The average Bonchev–Trinajstić information content (AvgIpc) is 2.97. The van der Waals surface area contributed by atoms with Gasteiger partial charge in [-0.1, -0.05) is 0 Å². The maximum absolute atomic E-state index is 11.7. The Kier molecular flexibility index (Phi) is 7.45. The second kappa shape index (κ2) is 9.58. The van der Waals surface area contributed by atoms with Crippen LogP contribution in [-0.4, -0.2) is 62.7 Å². The average molecular weight is 353 g/mol. The summed E-state index contributed by atoms with van der Waals surface area (Å²) >= 11 is 1.80. The van der Waals surface area contributed by atoms with Crippen LogP contribution in [0.15, 0.2) is 4.99 Å². The lowest BCUT2D eigenvalue weighted by Crippen LogP contribution is -2.44. The van der Waals surface area contributed by atoms with Crippen molar-refractivity contribution in [2.45, 2.75) is 32.2 Å². The third-order valence-corrected chi connectivity index (χ3v) is 5.01. The molecule has 0 radical (unpaired) electrons. The molecule has 8 heteroatoms. The molecule has 1 aromatic heterocycles. The number of fused-ring (bicyclic) bond motifs is 1. The monoisotopic (exact) mass is 353 g/mol. The van der Waals surface area contributed by atoms with E-state index < -0.39 is 0 Å². The molecule has 1 aliphatic carbocycles. The van der Waals surface area contributed by atoms with Crippen LogP contribution in [-0.2, 0) is 28.9 Å². The molecule has 1 aromatic rings. The van der Waals surface area contributed by atoms with E-state index in [1.54, 1.807) is 25.5 Å². The van der Waals surface area contributed by atoms with E-state index in [2.05, 4.69) is 15.6 Å². The summed E-state index contributed by atoms with van der Waals surface area (Å²) in [6.07, 6.45) is 4.77. The minimum absolute atomic E-state index is 0.0775. The van der Waals surface area contributed by atoms with Gasteiger partial charge in [-0.05, 0) is 25.7 Å². The van der Waals surface area contributed by atoms with Crippen LogP contribution in [0.5, 0.6) is 0 Å². The first-order valence-corrected chi connectivity index (χ1v) is 9.10. The summed E-state index contributed by atoms with van der Waals surface area (Å²) in [6.45, 7) is 1.91. The van der Waals surface area contributed by atoms with Crippen LogP contribution in [0.3, 0.4) is 0 Å². The molecule has 0 fully saturated rings. The number of nitrogens with one attached hydrogen (secondary N) is 2. The highest BCUT2D eigenvalue weighted by Gasteiger charge is 2.17. The Morgan fingerprint density at radius 1 is 1.38 bits per heavy atom. The Morgan fingerprint density at radius 3 is 2.88 bits per heavy atom. The highest BCUT2D eigenvalue weighted by molar-refractivity contribution is 7.11. The molecular weight excluding hydrogens is 326 g/mol. The molecule has 1 amide bonds. The molecule has 7 nitrogen and oxygen atoms in total. The van der Waals surface area contributed by atoms with Crippen molar-refractivity contribution in [3.05, 3.63) is 15.6 Å². The van der Waals surface area contributed by atoms with Crippen LogP contribution in [0.1, 0.15) is 28.4 Å². The van der Waals surface area contributed by atoms with Gasteiger partial charge in [0.25, 0.3) is 0 Å². The fraction of sp³-hybridized carbons (Fsp3) is 0.688.